The Morgan fingerprint density at radius 2 is 1.74 bits per heavy atom. The molecule has 0 heterocycles. The van der Waals surface area contributed by atoms with Gasteiger partial charge in [-0.1, -0.05) is 31.2 Å². The van der Waals surface area contributed by atoms with Crippen molar-refractivity contribution in [3.05, 3.63) is 35.4 Å². The third-order valence-electron chi connectivity index (χ3n) is 2.96. The highest BCUT2D eigenvalue weighted by atomic mass is 16.4. The summed E-state index contributed by atoms with van der Waals surface area (Å²) >= 11 is 0. The topological polar surface area (TPSA) is 66.4 Å². The molecule has 4 nitrogen and oxygen atoms in total. The van der Waals surface area contributed by atoms with Gasteiger partial charge in [0.1, 0.15) is 0 Å². The summed E-state index contributed by atoms with van der Waals surface area (Å²) in [6.45, 7) is 2.33. The predicted molar refractivity (Wildman–Crippen MR) is 74.0 cm³/mol. The lowest BCUT2D eigenvalue weighted by atomic mass is 10.0. The average molecular weight is 263 g/mol. The second-order valence-corrected chi connectivity index (χ2v) is 4.52. The summed E-state index contributed by atoms with van der Waals surface area (Å²) in [5.74, 6) is -0.970. The maximum absolute atomic E-state index is 11.4. The van der Waals surface area contributed by atoms with Gasteiger partial charge in [0.25, 0.3) is 0 Å². The van der Waals surface area contributed by atoms with E-state index in [0.717, 1.165) is 19.3 Å². The summed E-state index contributed by atoms with van der Waals surface area (Å²) in [4.78, 5) is 21.7. The van der Waals surface area contributed by atoms with Crippen LogP contribution < -0.4 is 5.32 Å². The van der Waals surface area contributed by atoms with E-state index in [0.29, 0.717) is 6.42 Å². The molecule has 2 N–H and O–H groups in total. The molecule has 1 aromatic carbocycles. The lowest BCUT2D eigenvalue weighted by Gasteiger charge is -2.04. The maximum atomic E-state index is 11.4. The van der Waals surface area contributed by atoms with Gasteiger partial charge < -0.3 is 10.4 Å². The van der Waals surface area contributed by atoms with E-state index in [1.165, 1.54) is 11.1 Å². The fourth-order valence-corrected chi connectivity index (χ4v) is 1.79. The largest absolute Gasteiger partial charge is 0.481 e. The molecule has 0 unspecified atom stereocenters. The Bertz CT molecular complexity index is 412. The van der Waals surface area contributed by atoms with Gasteiger partial charge in [0.15, 0.2) is 0 Å². The van der Waals surface area contributed by atoms with Crippen LogP contribution in [0.3, 0.4) is 0 Å². The quantitative estimate of drug-likeness (QED) is 0.755. The normalized spacial score (nSPS) is 10.2. The zero-order valence-corrected chi connectivity index (χ0v) is 11.3. The number of carbonyl (C=O) groups excluding carboxylic acids is 1. The Balaban J connectivity index is 2.18. The molecule has 1 rings (SSSR count). The van der Waals surface area contributed by atoms with Gasteiger partial charge in [-0.15, -0.1) is 0 Å². The SMILES string of the molecule is CCc1ccc(CCCC(=O)NCCC(=O)O)cc1. The summed E-state index contributed by atoms with van der Waals surface area (Å²) in [7, 11) is 0. The third kappa shape index (κ3) is 6.60. The van der Waals surface area contributed by atoms with Crippen LogP contribution in [-0.4, -0.2) is 23.5 Å². The first-order chi connectivity index (χ1) is 9.11. The molecule has 104 valence electrons. The molecule has 4 heteroatoms. The number of carbonyl (C=O) groups is 2. The standard InChI is InChI=1S/C15H21NO3/c1-2-12-6-8-13(9-7-12)4-3-5-14(17)16-11-10-15(18)19/h6-9H,2-5,10-11H2,1H3,(H,16,17)(H,18,19). The zero-order chi connectivity index (χ0) is 14.1. The van der Waals surface area contributed by atoms with Crippen molar-refractivity contribution in [2.45, 2.75) is 39.0 Å². The summed E-state index contributed by atoms with van der Waals surface area (Å²) < 4.78 is 0. The molecule has 0 aliphatic carbocycles. The summed E-state index contributed by atoms with van der Waals surface area (Å²) in [6.07, 6.45) is 3.10. The highest BCUT2D eigenvalue weighted by Gasteiger charge is 2.03. The number of nitrogens with one attached hydrogen (secondary N) is 1. The molecule has 0 bridgehead atoms. The molecule has 0 aliphatic rings. The van der Waals surface area contributed by atoms with Gasteiger partial charge >= 0.3 is 5.97 Å². The van der Waals surface area contributed by atoms with Gasteiger partial charge in [0.05, 0.1) is 6.42 Å². The fraction of sp³-hybridized carbons (Fsp3) is 0.467. The number of hydrogen-bond donors (Lipinski definition) is 2. The predicted octanol–water partition coefficient (Wildman–Crippen LogP) is 2.16. The Hall–Kier alpha value is -1.84. The van der Waals surface area contributed by atoms with Crippen LogP contribution in [0.2, 0.25) is 0 Å². The Labute approximate surface area is 113 Å². The number of amides is 1. The van der Waals surface area contributed by atoms with Crippen LogP contribution in [0.4, 0.5) is 0 Å². The van der Waals surface area contributed by atoms with E-state index in [2.05, 4.69) is 36.5 Å². The fourth-order valence-electron chi connectivity index (χ4n) is 1.79. The van der Waals surface area contributed by atoms with Crippen LogP contribution in [0.15, 0.2) is 24.3 Å². The monoisotopic (exact) mass is 263 g/mol. The Kier molecular flexibility index (Phi) is 6.64. The van der Waals surface area contributed by atoms with Crippen LogP contribution in [0.25, 0.3) is 0 Å². The van der Waals surface area contributed by atoms with Crippen molar-refractivity contribution in [3.8, 4) is 0 Å². The minimum atomic E-state index is -0.892. The molecule has 0 aromatic heterocycles. The first kappa shape index (κ1) is 15.2. The smallest absolute Gasteiger partial charge is 0.305 e. The van der Waals surface area contributed by atoms with Gasteiger partial charge in [0, 0.05) is 13.0 Å². The average Bonchev–Trinajstić information content (AvgIpc) is 2.39. The summed E-state index contributed by atoms with van der Waals surface area (Å²) in [6, 6.07) is 8.42. The van der Waals surface area contributed by atoms with Gasteiger partial charge in [-0.25, -0.2) is 0 Å². The third-order valence-corrected chi connectivity index (χ3v) is 2.96. The molecule has 0 saturated heterocycles. The van der Waals surface area contributed by atoms with E-state index in [-0.39, 0.29) is 18.9 Å². The first-order valence-electron chi connectivity index (χ1n) is 6.68. The van der Waals surface area contributed by atoms with E-state index in [4.69, 9.17) is 5.11 Å². The molecule has 0 saturated carbocycles. The lowest BCUT2D eigenvalue weighted by molar-refractivity contribution is -0.136. The van der Waals surface area contributed by atoms with Crippen molar-refractivity contribution in [2.75, 3.05) is 6.54 Å². The molecule has 1 amide bonds. The van der Waals surface area contributed by atoms with Crippen LogP contribution in [0.5, 0.6) is 0 Å². The highest BCUT2D eigenvalue weighted by molar-refractivity contribution is 5.76. The van der Waals surface area contributed by atoms with Crippen molar-refractivity contribution in [2.24, 2.45) is 0 Å². The molecule has 0 aliphatic heterocycles. The summed E-state index contributed by atoms with van der Waals surface area (Å²) in [5, 5.41) is 11.0. The molecule has 1 aromatic rings. The van der Waals surface area contributed by atoms with Gasteiger partial charge in [-0.05, 0) is 30.4 Å². The second kappa shape index (κ2) is 8.29. The van der Waals surface area contributed by atoms with Gasteiger partial charge in [-0.3, -0.25) is 9.59 Å². The molecule has 0 atom stereocenters. The lowest BCUT2D eigenvalue weighted by Crippen LogP contribution is -2.25. The van der Waals surface area contributed by atoms with Crippen LogP contribution in [0, 0.1) is 0 Å². The maximum Gasteiger partial charge on any atom is 0.305 e. The molecule has 0 spiro atoms. The molecule has 0 radical (unpaired) electrons. The molecule has 0 fully saturated rings. The van der Waals surface area contributed by atoms with E-state index < -0.39 is 5.97 Å². The van der Waals surface area contributed by atoms with E-state index in [9.17, 15) is 9.59 Å². The van der Waals surface area contributed by atoms with Crippen LogP contribution >= 0.6 is 0 Å². The number of rotatable bonds is 8. The van der Waals surface area contributed by atoms with Crippen molar-refractivity contribution < 1.29 is 14.7 Å². The number of carboxylic acid groups (broad SMARTS) is 1. The summed E-state index contributed by atoms with van der Waals surface area (Å²) in [5.41, 5.74) is 2.55. The van der Waals surface area contributed by atoms with Crippen LogP contribution in [-0.2, 0) is 22.4 Å². The van der Waals surface area contributed by atoms with E-state index in [1.54, 1.807) is 0 Å². The first-order valence-corrected chi connectivity index (χ1v) is 6.68. The Morgan fingerprint density at radius 3 is 2.32 bits per heavy atom. The van der Waals surface area contributed by atoms with Crippen molar-refractivity contribution >= 4 is 11.9 Å². The van der Waals surface area contributed by atoms with Crippen molar-refractivity contribution in [1.82, 2.24) is 5.32 Å². The van der Waals surface area contributed by atoms with E-state index in [1.807, 2.05) is 0 Å². The number of carboxylic acids is 1. The van der Waals surface area contributed by atoms with Crippen molar-refractivity contribution in [1.29, 1.82) is 0 Å². The molecular weight excluding hydrogens is 242 g/mol. The minimum absolute atomic E-state index is 0.0236. The number of aryl methyl sites for hydroxylation is 2. The number of aliphatic carboxylic acids is 1. The van der Waals surface area contributed by atoms with Gasteiger partial charge in [-0.2, -0.15) is 0 Å². The Morgan fingerprint density at radius 1 is 1.11 bits per heavy atom. The highest BCUT2D eigenvalue weighted by Crippen LogP contribution is 2.08. The number of benzene rings is 1. The number of hydrogen-bond acceptors (Lipinski definition) is 2. The van der Waals surface area contributed by atoms with Gasteiger partial charge in [0.2, 0.25) is 5.91 Å². The van der Waals surface area contributed by atoms with E-state index >= 15 is 0 Å². The van der Waals surface area contributed by atoms with Crippen molar-refractivity contribution in [3.63, 3.8) is 0 Å². The molecular formula is C15H21NO3. The minimum Gasteiger partial charge on any atom is -0.481 e. The second-order valence-electron chi connectivity index (χ2n) is 4.52. The van der Waals surface area contributed by atoms with Crippen LogP contribution in [0.1, 0.15) is 37.3 Å². The molecule has 19 heavy (non-hydrogen) atoms. The zero-order valence-electron chi connectivity index (χ0n) is 11.3.